The number of para-hydroxylation sites is 1. The Kier molecular flexibility index (Phi) is 20.5. The molecule has 0 spiro atoms. The lowest BCUT2D eigenvalue weighted by molar-refractivity contribution is -0.150. The largest absolute Gasteiger partial charge is 0.544 e. The zero-order chi connectivity index (χ0) is 53.0. The fourth-order valence-corrected chi connectivity index (χ4v) is 9.54. The summed E-state index contributed by atoms with van der Waals surface area (Å²) < 4.78 is 29.4. The molecule has 0 unspecified atom stereocenters. The Bertz CT molecular complexity index is 2480. The smallest absolute Gasteiger partial charge is 0.408 e. The molecule has 3 aromatic carbocycles. The molecular formula is C55H77BrN4O10Si. The molecular weight excluding hydrogens is 985 g/mol. The predicted molar refractivity (Wildman–Crippen MR) is 285 cm³/mol. The zero-order valence-electron chi connectivity index (χ0n) is 44.4. The van der Waals surface area contributed by atoms with E-state index < -0.39 is 62.0 Å². The van der Waals surface area contributed by atoms with Crippen LogP contribution in [0.1, 0.15) is 118 Å². The van der Waals surface area contributed by atoms with Crippen molar-refractivity contribution in [3.8, 4) is 11.5 Å². The Morgan fingerprint density at radius 3 is 2.07 bits per heavy atom. The Morgan fingerprint density at radius 2 is 1.46 bits per heavy atom. The summed E-state index contributed by atoms with van der Waals surface area (Å²) in [4.78, 5) is 73.2. The maximum atomic E-state index is 14.9. The van der Waals surface area contributed by atoms with E-state index in [0.717, 1.165) is 33.4 Å². The molecule has 0 radical (unpaired) electrons. The first-order valence-electron chi connectivity index (χ1n) is 24.3. The first-order chi connectivity index (χ1) is 33.1. The minimum atomic E-state index is -2.19. The van der Waals surface area contributed by atoms with Gasteiger partial charge in [0.05, 0.1) is 36.2 Å². The highest BCUT2D eigenvalue weighted by molar-refractivity contribution is 9.10. The van der Waals surface area contributed by atoms with Crippen LogP contribution in [0.5, 0.6) is 11.5 Å². The summed E-state index contributed by atoms with van der Waals surface area (Å²) >= 11 is 3.65. The molecule has 4 aromatic rings. The van der Waals surface area contributed by atoms with Crippen LogP contribution in [0.3, 0.4) is 0 Å². The van der Waals surface area contributed by atoms with E-state index in [1.807, 2.05) is 100 Å². The summed E-state index contributed by atoms with van der Waals surface area (Å²) in [5.74, 6) is -0.807. The van der Waals surface area contributed by atoms with Gasteiger partial charge in [-0.1, -0.05) is 88.7 Å². The molecule has 0 saturated carbocycles. The van der Waals surface area contributed by atoms with E-state index >= 15 is 0 Å². The van der Waals surface area contributed by atoms with Crippen LogP contribution in [0.25, 0.3) is 10.9 Å². The van der Waals surface area contributed by atoms with Crippen molar-refractivity contribution in [2.24, 2.45) is 11.8 Å². The van der Waals surface area contributed by atoms with Gasteiger partial charge in [0.2, 0.25) is 20.1 Å². The van der Waals surface area contributed by atoms with Gasteiger partial charge in [-0.05, 0) is 141 Å². The van der Waals surface area contributed by atoms with Crippen molar-refractivity contribution in [3.63, 3.8) is 0 Å². The van der Waals surface area contributed by atoms with Crippen LogP contribution >= 0.6 is 15.9 Å². The minimum Gasteiger partial charge on any atom is -0.544 e. The number of allylic oxidation sites excluding steroid dienone is 2. The summed E-state index contributed by atoms with van der Waals surface area (Å²) in [6.45, 7) is 25.4. The Hall–Kier alpha value is -5.61. The average molecular weight is 1060 g/mol. The van der Waals surface area contributed by atoms with Crippen molar-refractivity contribution in [1.29, 1.82) is 0 Å². The lowest BCUT2D eigenvalue weighted by atomic mass is 9.96. The number of alkyl carbamates (subject to hydrolysis) is 1. The number of esters is 2. The molecule has 16 heteroatoms. The van der Waals surface area contributed by atoms with Crippen molar-refractivity contribution in [3.05, 3.63) is 106 Å². The standard InChI is InChI=1S/C55H77BrN4O10Si/c1-34(29-36(3)52(64)67-33-39-20-24-41(66-13)25-21-39)28-35(2)30-37(4)68-48(61)32-46(40-22-26-42(27-23-40)70-71(14,15)55(9,10)11)59-50(62)47(31-44-43-18-16-17-19-45(43)58-49(44)56)60(12)51(63)38(5)57-53(65)69-54(6,7)8/h16-28,35-38,46-47,58H,29-33H2,1-15H3,(H,57,65)(H,59,62)/b34-28+/t35-,36-,37-,38-,46+,47+/m0/s1. The number of carbonyl (C=O) groups is 5. The van der Waals surface area contributed by atoms with Gasteiger partial charge in [-0.25, -0.2) is 4.79 Å². The molecule has 0 fully saturated rings. The molecule has 4 rings (SSSR count). The average Bonchev–Trinajstić information content (AvgIpc) is 3.59. The van der Waals surface area contributed by atoms with Gasteiger partial charge in [0.1, 0.15) is 35.8 Å². The number of nitrogens with one attached hydrogen (secondary N) is 3. The normalized spacial score (nSPS) is 14.8. The van der Waals surface area contributed by atoms with Gasteiger partial charge in [0.25, 0.3) is 0 Å². The van der Waals surface area contributed by atoms with Crippen LogP contribution in [0.4, 0.5) is 4.79 Å². The molecule has 0 saturated heterocycles. The Morgan fingerprint density at radius 1 is 0.845 bits per heavy atom. The van der Waals surface area contributed by atoms with Crippen LogP contribution in [0.2, 0.25) is 18.1 Å². The monoisotopic (exact) mass is 1060 g/mol. The number of rotatable bonds is 22. The number of halogens is 1. The summed E-state index contributed by atoms with van der Waals surface area (Å²) in [5, 5.41) is 6.54. The maximum absolute atomic E-state index is 14.9. The molecule has 0 aliphatic heterocycles. The molecule has 14 nitrogen and oxygen atoms in total. The Labute approximate surface area is 430 Å². The van der Waals surface area contributed by atoms with Crippen LogP contribution in [0, 0.1) is 11.8 Å². The molecule has 3 N–H and O–H groups in total. The third-order valence-corrected chi connectivity index (χ3v) is 17.7. The van der Waals surface area contributed by atoms with Crippen molar-refractivity contribution < 1.29 is 47.3 Å². The number of benzene rings is 3. The van der Waals surface area contributed by atoms with Gasteiger partial charge in [-0.2, -0.15) is 0 Å². The highest BCUT2D eigenvalue weighted by Gasteiger charge is 2.39. The fourth-order valence-electron chi connectivity index (χ4n) is 7.92. The van der Waals surface area contributed by atoms with Crippen LogP contribution in [-0.2, 0) is 46.4 Å². The second-order valence-electron chi connectivity index (χ2n) is 21.3. The molecule has 3 amide bonds. The lowest BCUT2D eigenvalue weighted by Gasteiger charge is -2.36. The van der Waals surface area contributed by atoms with Gasteiger partial charge >= 0.3 is 18.0 Å². The van der Waals surface area contributed by atoms with E-state index in [1.54, 1.807) is 27.9 Å². The second kappa shape index (κ2) is 25.2. The number of aromatic amines is 1. The van der Waals surface area contributed by atoms with Crippen LogP contribution in [0.15, 0.2) is 89.0 Å². The SMILES string of the molecule is COc1ccc(COC(=O)[C@@H](C)C/C(C)=C/[C@H](C)C[C@H](C)OC(=O)C[C@@H](NC(=O)[C@@H](Cc2c(Br)[nH]c3ccccc23)N(C)C(=O)[C@H](C)NC(=O)OC(C)(C)C)c2ccc(O[Si](C)(C)C(C)(C)C)cc2)cc1. The van der Waals surface area contributed by atoms with E-state index in [4.69, 9.17) is 23.4 Å². The number of methoxy groups -OCH3 is 1. The number of likely N-dealkylation sites (N-methyl/N-ethyl adjacent to an activating group) is 1. The van der Waals surface area contributed by atoms with Gasteiger partial charge in [-0.15, -0.1) is 0 Å². The predicted octanol–water partition coefficient (Wildman–Crippen LogP) is 11.5. The molecule has 71 heavy (non-hydrogen) atoms. The number of nitrogens with zero attached hydrogens (tertiary/aromatic N) is 1. The topological polar surface area (TPSA) is 175 Å². The molecule has 388 valence electrons. The van der Waals surface area contributed by atoms with Crippen molar-refractivity contribution in [1.82, 2.24) is 20.5 Å². The first kappa shape index (κ1) is 58.0. The molecule has 6 atom stereocenters. The number of hydrogen-bond acceptors (Lipinski definition) is 10. The number of H-pyrrole nitrogens is 1. The van der Waals surface area contributed by atoms with Gasteiger partial charge in [0, 0.05) is 24.4 Å². The van der Waals surface area contributed by atoms with E-state index in [2.05, 4.69) is 71.5 Å². The third kappa shape index (κ3) is 17.6. The molecule has 0 aliphatic rings. The fraction of sp³-hybridized carbons (Fsp3) is 0.509. The molecule has 0 aliphatic carbocycles. The van der Waals surface area contributed by atoms with E-state index in [1.165, 1.54) is 18.9 Å². The highest BCUT2D eigenvalue weighted by Crippen LogP contribution is 2.38. The van der Waals surface area contributed by atoms with Crippen molar-refractivity contribution in [2.45, 2.75) is 156 Å². The molecule has 1 aromatic heterocycles. The summed E-state index contributed by atoms with van der Waals surface area (Å²) in [6, 6.07) is 19.4. The zero-order valence-corrected chi connectivity index (χ0v) is 47.0. The quantitative estimate of drug-likeness (QED) is 0.0297. The van der Waals surface area contributed by atoms with Gasteiger partial charge in [0.15, 0.2) is 0 Å². The van der Waals surface area contributed by atoms with E-state index in [-0.39, 0.29) is 42.3 Å². The van der Waals surface area contributed by atoms with Gasteiger partial charge < -0.3 is 43.9 Å². The third-order valence-electron chi connectivity index (χ3n) is 12.7. The minimum absolute atomic E-state index is 0.00846. The molecule has 0 bridgehead atoms. The highest BCUT2D eigenvalue weighted by atomic mass is 79.9. The van der Waals surface area contributed by atoms with Crippen LogP contribution < -0.4 is 19.8 Å². The summed E-state index contributed by atoms with van der Waals surface area (Å²) in [6.07, 6.45) is 1.73. The van der Waals surface area contributed by atoms with Gasteiger partial charge in [-0.3, -0.25) is 19.2 Å². The van der Waals surface area contributed by atoms with E-state index in [0.29, 0.717) is 28.8 Å². The number of carbonyl (C=O) groups excluding carboxylic acids is 5. The van der Waals surface area contributed by atoms with Crippen molar-refractivity contribution >= 4 is 65.0 Å². The van der Waals surface area contributed by atoms with E-state index in [9.17, 15) is 24.0 Å². The molecule has 1 heterocycles. The number of ether oxygens (including phenoxy) is 4. The lowest BCUT2D eigenvalue weighted by Crippen LogP contribution is -2.55. The summed E-state index contributed by atoms with van der Waals surface area (Å²) in [7, 11) is 0.930. The van der Waals surface area contributed by atoms with Crippen molar-refractivity contribution in [2.75, 3.05) is 14.2 Å². The first-order valence-corrected chi connectivity index (χ1v) is 28.0. The van der Waals surface area contributed by atoms with Crippen LogP contribution in [-0.4, -0.2) is 86.0 Å². The Balaban J connectivity index is 1.55. The summed E-state index contributed by atoms with van der Waals surface area (Å²) in [5.41, 5.74) is 3.33. The second-order valence-corrected chi connectivity index (χ2v) is 26.8. The maximum Gasteiger partial charge on any atom is 0.408 e. The number of aromatic nitrogens is 1. The number of amides is 3. The number of hydrogen-bond donors (Lipinski definition) is 3. The number of fused-ring (bicyclic) bond motifs is 1.